The zero-order chi connectivity index (χ0) is 12.2. The first-order chi connectivity index (χ1) is 8.92. The molecular weight excluding hydrogens is 224 g/mol. The quantitative estimate of drug-likeness (QED) is 0.757. The summed E-state index contributed by atoms with van der Waals surface area (Å²) in [6, 6.07) is 14.3. The number of hydrogen-bond donors (Lipinski definition) is 1. The lowest BCUT2D eigenvalue weighted by Gasteiger charge is -2.08. The minimum Gasteiger partial charge on any atom is -0.322 e. The van der Waals surface area contributed by atoms with Crippen LogP contribution in [0.3, 0.4) is 0 Å². The molecule has 4 heteroatoms. The van der Waals surface area contributed by atoms with Crippen molar-refractivity contribution in [3.05, 3.63) is 72.8 Å². The van der Waals surface area contributed by atoms with Crippen LogP contribution in [0.1, 0.15) is 5.56 Å². The molecule has 0 aliphatic carbocycles. The molecule has 90 valence electrons. The summed E-state index contributed by atoms with van der Waals surface area (Å²) in [6.45, 7) is 0.800. The summed E-state index contributed by atoms with van der Waals surface area (Å²) >= 11 is 0. The Balaban J connectivity index is 1.68. The van der Waals surface area contributed by atoms with Crippen LogP contribution in [-0.4, -0.2) is 14.5 Å². The van der Waals surface area contributed by atoms with E-state index in [0.29, 0.717) is 0 Å². The van der Waals surface area contributed by atoms with E-state index in [0.717, 1.165) is 12.2 Å². The second kappa shape index (κ2) is 4.79. The Morgan fingerprint density at radius 3 is 2.39 bits per heavy atom. The molecule has 4 nitrogen and oxygen atoms in total. The van der Waals surface area contributed by atoms with Crippen LogP contribution in [0, 0.1) is 0 Å². The highest BCUT2D eigenvalue weighted by Crippen LogP contribution is 2.08. The fourth-order valence-corrected chi connectivity index (χ4v) is 1.81. The van der Waals surface area contributed by atoms with E-state index in [1.807, 2.05) is 46.1 Å². The van der Waals surface area contributed by atoms with Crippen molar-refractivity contribution < 1.29 is 0 Å². The highest BCUT2D eigenvalue weighted by molar-refractivity contribution is 5.34. The molecule has 0 aliphatic heterocycles. The van der Waals surface area contributed by atoms with Gasteiger partial charge in [0.2, 0.25) is 0 Å². The van der Waals surface area contributed by atoms with Crippen LogP contribution >= 0.6 is 0 Å². The Hall–Kier alpha value is -2.49. The standard InChI is InChI=1S/C14H14N4/c1-2-10-17(9-1)16-12-13-4-6-14(7-5-13)18-11-3-8-15-18/h1-11,16H,12H2. The zero-order valence-corrected chi connectivity index (χ0v) is 9.90. The molecule has 0 bridgehead atoms. The predicted octanol–water partition coefficient (Wildman–Crippen LogP) is 2.42. The summed E-state index contributed by atoms with van der Waals surface area (Å²) in [7, 11) is 0. The van der Waals surface area contributed by atoms with Gasteiger partial charge in [-0.2, -0.15) is 5.10 Å². The van der Waals surface area contributed by atoms with Crippen LogP contribution in [-0.2, 0) is 6.54 Å². The van der Waals surface area contributed by atoms with Crippen LogP contribution in [0.4, 0.5) is 0 Å². The number of benzene rings is 1. The SMILES string of the molecule is c1ccn(NCc2ccc(-n3cccn3)cc2)c1. The maximum atomic E-state index is 4.20. The van der Waals surface area contributed by atoms with Crippen LogP contribution < -0.4 is 5.43 Å². The number of aromatic nitrogens is 3. The van der Waals surface area contributed by atoms with E-state index in [2.05, 4.69) is 34.8 Å². The van der Waals surface area contributed by atoms with E-state index in [9.17, 15) is 0 Å². The fourth-order valence-electron chi connectivity index (χ4n) is 1.81. The fraction of sp³-hybridized carbons (Fsp3) is 0.0714. The third kappa shape index (κ3) is 2.27. The molecule has 3 aromatic rings. The van der Waals surface area contributed by atoms with Gasteiger partial charge in [-0.15, -0.1) is 0 Å². The molecule has 0 saturated heterocycles. The normalized spacial score (nSPS) is 10.4. The predicted molar refractivity (Wildman–Crippen MR) is 71.1 cm³/mol. The first kappa shape index (κ1) is 10.7. The van der Waals surface area contributed by atoms with Crippen molar-refractivity contribution in [3.63, 3.8) is 0 Å². The molecule has 1 aromatic carbocycles. The third-order valence-electron chi connectivity index (χ3n) is 2.78. The highest BCUT2D eigenvalue weighted by atomic mass is 15.4. The van der Waals surface area contributed by atoms with Gasteiger partial charge in [0.1, 0.15) is 0 Å². The number of hydrogen-bond acceptors (Lipinski definition) is 2. The Kier molecular flexibility index (Phi) is 2.84. The van der Waals surface area contributed by atoms with Crippen molar-refractivity contribution in [2.45, 2.75) is 6.54 Å². The molecule has 0 aliphatic rings. The average molecular weight is 238 g/mol. The lowest BCUT2D eigenvalue weighted by Crippen LogP contribution is -2.11. The molecule has 0 unspecified atom stereocenters. The van der Waals surface area contributed by atoms with Gasteiger partial charge in [0.25, 0.3) is 0 Å². The van der Waals surface area contributed by atoms with Crippen LogP contribution in [0.15, 0.2) is 67.3 Å². The molecule has 1 N–H and O–H groups in total. The van der Waals surface area contributed by atoms with Gasteiger partial charge in [0.15, 0.2) is 0 Å². The van der Waals surface area contributed by atoms with E-state index in [4.69, 9.17) is 0 Å². The molecule has 2 aromatic heterocycles. The summed E-state index contributed by atoms with van der Waals surface area (Å²) in [5.74, 6) is 0. The largest absolute Gasteiger partial charge is 0.322 e. The molecule has 18 heavy (non-hydrogen) atoms. The number of nitrogens with zero attached hydrogens (tertiary/aromatic N) is 3. The molecule has 2 heterocycles. The van der Waals surface area contributed by atoms with Crippen molar-refractivity contribution >= 4 is 0 Å². The minimum atomic E-state index is 0.800. The maximum Gasteiger partial charge on any atom is 0.0645 e. The van der Waals surface area contributed by atoms with E-state index in [1.54, 1.807) is 6.20 Å². The molecule has 3 rings (SSSR count). The van der Waals surface area contributed by atoms with Gasteiger partial charge in [-0.25, -0.2) is 4.68 Å². The topological polar surface area (TPSA) is 34.8 Å². The van der Waals surface area contributed by atoms with Crippen LogP contribution in [0.5, 0.6) is 0 Å². The van der Waals surface area contributed by atoms with Gasteiger partial charge < -0.3 is 5.43 Å². The summed E-state index contributed by atoms with van der Waals surface area (Å²) < 4.78 is 3.80. The molecule has 0 saturated carbocycles. The van der Waals surface area contributed by atoms with Gasteiger partial charge in [-0.3, -0.25) is 4.68 Å². The average Bonchev–Trinajstić information content (AvgIpc) is 3.10. The second-order valence-electron chi connectivity index (χ2n) is 4.04. The van der Waals surface area contributed by atoms with Crippen molar-refractivity contribution in [1.82, 2.24) is 14.5 Å². The van der Waals surface area contributed by atoms with Gasteiger partial charge in [-0.1, -0.05) is 12.1 Å². The van der Waals surface area contributed by atoms with E-state index in [-0.39, 0.29) is 0 Å². The minimum absolute atomic E-state index is 0.800. The zero-order valence-electron chi connectivity index (χ0n) is 9.90. The molecule has 0 fully saturated rings. The lowest BCUT2D eigenvalue weighted by atomic mass is 10.2. The first-order valence-corrected chi connectivity index (χ1v) is 5.88. The van der Waals surface area contributed by atoms with Gasteiger partial charge in [0, 0.05) is 24.8 Å². The summed E-state index contributed by atoms with van der Waals surface area (Å²) in [5, 5.41) is 4.20. The van der Waals surface area contributed by atoms with Gasteiger partial charge in [0.05, 0.1) is 12.2 Å². The summed E-state index contributed by atoms with van der Waals surface area (Å²) in [6.07, 6.45) is 7.69. The van der Waals surface area contributed by atoms with Crippen molar-refractivity contribution in [3.8, 4) is 5.69 Å². The maximum absolute atomic E-state index is 4.20. The molecular formula is C14H14N4. The molecule has 0 radical (unpaired) electrons. The molecule has 0 amide bonds. The van der Waals surface area contributed by atoms with Crippen molar-refractivity contribution in [2.24, 2.45) is 0 Å². The lowest BCUT2D eigenvalue weighted by molar-refractivity contribution is 0.844. The third-order valence-corrected chi connectivity index (χ3v) is 2.78. The van der Waals surface area contributed by atoms with E-state index < -0.39 is 0 Å². The van der Waals surface area contributed by atoms with Crippen molar-refractivity contribution in [1.29, 1.82) is 0 Å². The van der Waals surface area contributed by atoms with Gasteiger partial charge in [-0.05, 0) is 35.9 Å². The second-order valence-corrected chi connectivity index (χ2v) is 4.04. The Morgan fingerprint density at radius 2 is 1.72 bits per heavy atom. The van der Waals surface area contributed by atoms with E-state index in [1.165, 1.54) is 5.56 Å². The summed E-state index contributed by atoms with van der Waals surface area (Å²) in [4.78, 5) is 0. The molecule has 0 spiro atoms. The monoisotopic (exact) mass is 238 g/mol. The van der Waals surface area contributed by atoms with Crippen molar-refractivity contribution in [2.75, 3.05) is 5.43 Å². The smallest absolute Gasteiger partial charge is 0.0645 e. The van der Waals surface area contributed by atoms with Crippen LogP contribution in [0.2, 0.25) is 0 Å². The Labute approximate surface area is 105 Å². The highest BCUT2D eigenvalue weighted by Gasteiger charge is 1.97. The van der Waals surface area contributed by atoms with Gasteiger partial charge >= 0.3 is 0 Å². The van der Waals surface area contributed by atoms with Crippen LogP contribution in [0.25, 0.3) is 5.69 Å². The summed E-state index contributed by atoms with van der Waals surface area (Å²) in [5.41, 5.74) is 5.60. The Morgan fingerprint density at radius 1 is 0.944 bits per heavy atom. The Bertz CT molecular complexity index is 579. The van der Waals surface area contributed by atoms with E-state index >= 15 is 0 Å². The first-order valence-electron chi connectivity index (χ1n) is 5.88. The number of nitrogens with one attached hydrogen (secondary N) is 1. The molecule has 0 atom stereocenters. The number of rotatable bonds is 4.